The van der Waals surface area contributed by atoms with Crippen LogP contribution in [-0.4, -0.2) is 17.0 Å². The first-order valence-corrected chi connectivity index (χ1v) is 6.87. The monoisotopic (exact) mass is 345 g/mol. The average Bonchev–Trinajstić information content (AvgIpc) is 2.22. The van der Waals surface area contributed by atoms with Gasteiger partial charge in [-0.1, -0.05) is 13.8 Å². The second-order valence-electron chi connectivity index (χ2n) is 5.54. The van der Waals surface area contributed by atoms with Crippen LogP contribution in [0.3, 0.4) is 0 Å². The number of nitrogens with one attached hydrogen (secondary N) is 1. The average molecular weight is 346 g/mol. The maximum Gasteiger partial charge on any atom is 0.303 e. The Hall–Kier alpha value is -1.43. The predicted octanol–water partition coefficient (Wildman–Crippen LogP) is 3.73. The molecule has 0 aliphatic carbocycles. The highest BCUT2D eigenvalue weighted by Crippen LogP contribution is 2.28. The summed E-state index contributed by atoms with van der Waals surface area (Å²) in [7, 11) is 0. The van der Waals surface area contributed by atoms with Crippen molar-refractivity contribution in [3.63, 3.8) is 0 Å². The molecule has 0 atom stereocenters. The molecule has 20 heavy (non-hydrogen) atoms. The fourth-order valence-corrected chi connectivity index (χ4v) is 2.23. The van der Waals surface area contributed by atoms with Gasteiger partial charge in [-0.15, -0.1) is 0 Å². The standard InChI is InChI=1S/C14H17BrFNO3/c1-8-4-10(16)9(15)5-11(8)17-12(18)6-14(2,3)7-13(19)20/h4-5H,6-7H2,1-3H3,(H,17,18)(H,19,20). The maximum atomic E-state index is 13.3. The van der Waals surface area contributed by atoms with Gasteiger partial charge in [0.2, 0.25) is 5.91 Å². The number of rotatable bonds is 5. The first kappa shape index (κ1) is 16.6. The van der Waals surface area contributed by atoms with Gasteiger partial charge in [0.05, 0.1) is 10.9 Å². The van der Waals surface area contributed by atoms with Crippen molar-refractivity contribution in [1.29, 1.82) is 0 Å². The van der Waals surface area contributed by atoms with E-state index in [-0.39, 0.29) is 23.2 Å². The second kappa shape index (κ2) is 6.35. The lowest BCUT2D eigenvalue weighted by atomic mass is 9.85. The molecule has 1 rings (SSSR count). The molecular formula is C14H17BrFNO3. The van der Waals surface area contributed by atoms with Crippen LogP contribution in [0.5, 0.6) is 0 Å². The molecule has 0 aliphatic rings. The minimum Gasteiger partial charge on any atom is -0.481 e. The van der Waals surface area contributed by atoms with E-state index in [1.165, 1.54) is 12.1 Å². The Kier molecular flexibility index (Phi) is 5.28. The van der Waals surface area contributed by atoms with Gasteiger partial charge in [0.1, 0.15) is 5.82 Å². The third-order valence-electron chi connectivity index (χ3n) is 2.81. The number of carbonyl (C=O) groups excluding carboxylic acids is 1. The van der Waals surface area contributed by atoms with Crippen LogP contribution in [0.25, 0.3) is 0 Å². The molecule has 1 aromatic rings. The Morgan fingerprint density at radius 2 is 1.95 bits per heavy atom. The van der Waals surface area contributed by atoms with Gasteiger partial charge in [-0.2, -0.15) is 0 Å². The minimum absolute atomic E-state index is 0.0771. The molecule has 0 aliphatic heterocycles. The van der Waals surface area contributed by atoms with E-state index in [1.54, 1.807) is 20.8 Å². The number of anilines is 1. The summed E-state index contributed by atoms with van der Waals surface area (Å²) in [5, 5.41) is 11.5. The number of benzene rings is 1. The molecule has 6 heteroatoms. The van der Waals surface area contributed by atoms with E-state index in [0.29, 0.717) is 11.3 Å². The lowest BCUT2D eigenvalue weighted by Gasteiger charge is -2.21. The first-order chi connectivity index (χ1) is 9.10. The van der Waals surface area contributed by atoms with Gasteiger partial charge in [-0.25, -0.2) is 4.39 Å². The summed E-state index contributed by atoms with van der Waals surface area (Å²) in [4.78, 5) is 22.7. The van der Waals surface area contributed by atoms with Crippen molar-refractivity contribution in [1.82, 2.24) is 0 Å². The van der Waals surface area contributed by atoms with Gasteiger partial charge in [0.15, 0.2) is 0 Å². The Morgan fingerprint density at radius 3 is 2.50 bits per heavy atom. The van der Waals surface area contributed by atoms with Crippen molar-refractivity contribution in [2.24, 2.45) is 5.41 Å². The largest absolute Gasteiger partial charge is 0.481 e. The predicted molar refractivity (Wildman–Crippen MR) is 78.1 cm³/mol. The minimum atomic E-state index is -0.941. The summed E-state index contributed by atoms with van der Waals surface area (Å²) < 4.78 is 13.6. The van der Waals surface area contributed by atoms with Crippen LogP contribution in [0.2, 0.25) is 0 Å². The van der Waals surface area contributed by atoms with Gasteiger partial charge in [-0.05, 0) is 46.0 Å². The molecule has 1 amide bonds. The number of hydrogen-bond donors (Lipinski definition) is 2. The van der Waals surface area contributed by atoms with E-state index < -0.39 is 17.2 Å². The molecule has 110 valence electrons. The third kappa shape index (κ3) is 4.92. The van der Waals surface area contributed by atoms with Crippen molar-refractivity contribution in [3.05, 3.63) is 28.0 Å². The van der Waals surface area contributed by atoms with E-state index in [0.717, 1.165) is 0 Å². The Bertz CT molecular complexity index is 543. The Balaban J connectivity index is 2.77. The number of carbonyl (C=O) groups is 2. The zero-order valence-corrected chi connectivity index (χ0v) is 13.2. The molecule has 0 heterocycles. The van der Waals surface area contributed by atoms with Gasteiger partial charge in [0, 0.05) is 12.1 Å². The molecule has 2 N–H and O–H groups in total. The van der Waals surface area contributed by atoms with E-state index in [4.69, 9.17) is 5.11 Å². The van der Waals surface area contributed by atoms with Crippen molar-refractivity contribution < 1.29 is 19.1 Å². The van der Waals surface area contributed by atoms with Crippen molar-refractivity contribution in [2.75, 3.05) is 5.32 Å². The SMILES string of the molecule is Cc1cc(F)c(Br)cc1NC(=O)CC(C)(C)CC(=O)O. The number of aliphatic carboxylic acids is 1. The summed E-state index contributed by atoms with van der Waals surface area (Å²) in [6.45, 7) is 5.12. The Labute approximate surface area is 125 Å². The highest BCUT2D eigenvalue weighted by Gasteiger charge is 2.25. The van der Waals surface area contributed by atoms with E-state index in [9.17, 15) is 14.0 Å². The summed E-state index contributed by atoms with van der Waals surface area (Å²) in [5.41, 5.74) is 0.477. The summed E-state index contributed by atoms with van der Waals surface area (Å²) >= 11 is 3.06. The van der Waals surface area contributed by atoms with Gasteiger partial charge >= 0.3 is 5.97 Å². The number of hydrogen-bond acceptors (Lipinski definition) is 2. The molecule has 0 unspecified atom stereocenters. The molecule has 0 aromatic heterocycles. The number of carboxylic acids is 1. The molecule has 0 saturated carbocycles. The lowest BCUT2D eigenvalue weighted by Crippen LogP contribution is -2.25. The van der Waals surface area contributed by atoms with Gasteiger partial charge < -0.3 is 10.4 Å². The van der Waals surface area contributed by atoms with E-state index >= 15 is 0 Å². The van der Waals surface area contributed by atoms with Crippen LogP contribution < -0.4 is 5.32 Å². The van der Waals surface area contributed by atoms with Crippen LogP contribution in [-0.2, 0) is 9.59 Å². The van der Waals surface area contributed by atoms with Gasteiger partial charge in [0.25, 0.3) is 0 Å². The molecule has 0 radical (unpaired) electrons. The highest BCUT2D eigenvalue weighted by molar-refractivity contribution is 9.10. The summed E-state index contributed by atoms with van der Waals surface area (Å²) in [6.07, 6.45) is -0.0136. The molecule has 0 spiro atoms. The quantitative estimate of drug-likeness (QED) is 0.854. The molecule has 0 fully saturated rings. The Morgan fingerprint density at radius 1 is 1.35 bits per heavy atom. The van der Waals surface area contributed by atoms with E-state index in [2.05, 4.69) is 21.2 Å². The van der Waals surface area contributed by atoms with E-state index in [1.807, 2.05) is 0 Å². The topological polar surface area (TPSA) is 66.4 Å². The van der Waals surface area contributed by atoms with Crippen LogP contribution >= 0.6 is 15.9 Å². The van der Waals surface area contributed by atoms with Crippen LogP contribution in [0.15, 0.2) is 16.6 Å². The van der Waals surface area contributed by atoms with Crippen LogP contribution in [0.4, 0.5) is 10.1 Å². The number of carboxylic acid groups (broad SMARTS) is 1. The molecule has 0 saturated heterocycles. The fraction of sp³-hybridized carbons (Fsp3) is 0.429. The van der Waals surface area contributed by atoms with Crippen molar-refractivity contribution in [3.8, 4) is 0 Å². The number of halogens is 2. The molecule has 4 nitrogen and oxygen atoms in total. The highest BCUT2D eigenvalue weighted by atomic mass is 79.9. The number of aryl methyl sites for hydroxylation is 1. The first-order valence-electron chi connectivity index (χ1n) is 6.08. The molecule has 0 bridgehead atoms. The maximum absolute atomic E-state index is 13.3. The summed E-state index contributed by atoms with van der Waals surface area (Å²) in [5.74, 6) is -1.63. The van der Waals surface area contributed by atoms with Crippen molar-refractivity contribution >= 4 is 33.5 Å². The lowest BCUT2D eigenvalue weighted by molar-refractivity contribution is -0.139. The fourth-order valence-electron chi connectivity index (χ4n) is 1.88. The normalized spacial score (nSPS) is 11.2. The summed E-state index contributed by atoms with van der Waals surface area (Å²) in [6, 6.07) is 2.81. The zero-order valence-electron chi connectivity index (χ0n) is 11.6. The van der Waals surface area contributed by atoms with Crippen molar-refractivity contribution in [2.45, 2.75) is 33.6 Å². The molecular weight excluding hydrogens is 329 g/mol. The molecule has 1 aromatic carbocycles. The second-order valence-corrected chi connectivity index (χ2v) is 6.40. The van der Waals surface area contributed by atoms with Gasteiger partial charge in [-0.3, -0.25) is 9.59 Å². The number of amides is 1. The van der Waals surface area contributed by atoms with Crippen LogP contribution in [0.1, 0.15) is 32.3 Å². The smallest absolute Gasteiger partial charge is 0.303 e. The van der Waals surface area contributed by atoms with Crippen LogP contribution in [0, 0.1) is 18.2 Å². The third-order valence-corrected chi connectivity index (χ3v) is 3.42. The zero-order chi connectivity index (χ0) is 15.5.